The van der Waals surface area contributed by atoms with E-state index in [0.717, 1.165) is 25.9 Å². The number of carbonyl (C=O) groups excluding carboxylic acids is 1. The van der Waals surface area contributed by atoms with Gasteiger partial charge in [-0.1, -0.05) is 6.07 Å². The molecule has 1 unspecified atom stereocenters. The Morgan fingerprint density at radius 3 is 2.74 bits per heavy atom. The van der Waals surface area contributed by atoms with Crippen LogP contribution in [0.3, 0.4) is 0 Å². The Labute approximate surface area is 113 Å². The van der Waals surface area contributed by atoms with E-state index in [9.17, 15) is 4.79 Å². The van der Waals surface area contributed by atoms with Gasteiger partial charge in [0.1, 0.15) is 0 Å². The number of piperidine rings is 1. The number of likely N-dealkylation sites (tertiary alicyclic amines) is 1. The summed E-state index contributed by atoms with van der Waals surface area (Å²) in [5.74, 6) is 0.523. The van der Waals surface area contributed by atoms with Crippen LogP contribution in [0.5, 0.6) is 0 Å². The lowest BCUT2D eigenvalue weighted by molar-refractivity contribution is 0.0681. The van der Waals surface area contributed by atoms with Gasteiger partial charge in [0.25, 0.3) is 5.91 Å². The molecule has 0 radical (unpaired) electrons. The molecule has 4 heteroatoms. The van der Waals surface area contributed by atoms with E-state index in [1.54, 1.807) is 24.3 Å². The van der Waals surface area contributed by atoms with Crippen molar-refractivity contribution >= 4 is 5.91 Å². The molecule has 0 aromatic heterocycles. The molecule has 2 rings (SSSR count). The van der Waals surface area contributed by atoms with Gasteiger partial charge in [-0.25, -0.2) is 0 Å². The first kappa shape index (κ1) is 13.6. The Balaban J connectivity index is 2.03. The lowest BCUT2D eigenvalue weighted by atomic mass is 9.90. The van der Waals surface area contributed by atoms with E-state index in [4.69, 9.17) is 11.0 Å². The molecule has 1 fully saturated rings. The van der Waals surface area contributed by atoms with Crippen LogP contribution in [0.2, 0.25) is 0 Å². The van der Waals surface area contributed by atoms with Crippen LogP contribution in [-0.2, 0) is 0 Å². The van der Waals surface area contributed by atoms with Gasteiger partial charge in [-0.05, 0) is 43.9 Å². The normalized spacial score (nSPS) is 17.8. The average molecular weight is 257 g/mol. The molecule has 0 bridgehead atoms. The Morgan fingerprint density at radius 1 is 1.47 bits per heavy atom. The number of nitriles is 1. The van der Waals surface area contributed by atoms with E-state index in [0.29, 0.717) is 17.0 Å². The maximum Gasteiger partial charge on any atom is 0.253 e. The third kappa shape index (κ3) is 3.12. The minimum atomic E-state index is 0.0141. The smallest absolute Gasteiger partial charge is 0.253 e. The molecule has 0 saturated carbocycles. The Hall–Kier alpha value is -1.86. The van der Waals surface area contributed by atoms with Crippen LogP contribution in [0.1, 0.15) is 35.7 Å². The molecule has 1 heterocycles. The fourth-order valence-electron chi connectivity index (χ4n) is 2.53. The van der Waals surface area contributed by atoms with E-state index in [1.807, 2.05) is 11.8 Å². The molecule has 0 spiro atoms. The highest BCUT2D eigenvalue weighted by molar-refractivity contribution is 5.94. The standard InChI is InChI=1S/C15H19N3O/c1-11(17)13-5-7-18(8-6-13)15(19)14-4-2-3-12(9-14)10-16/h2-4,9,11,13H,5-8,17H2,1H3. The lowest BCUT2D eigenvalue weighted by Gasteiger charge is -2.33. The van der Waals surface area contributed by atoms with E-state index in [-0.39, 0.29) is 11.9 Å². The maximum atomic E-state index is 12.3. The number of nitrogens with zero attached hydrogens (tertiary/aromatic N) is 2. The molecule has 100 valence electrons. The van der Waals surface area contributed by atoms with Gasteiger partial charge in [0, 0.05) is 24.7 Å². The summed E-state index contributed by atoms with van der Waals surface area (Å²) in [6.45, 7) is 3.53. The number of hydrogen-bond acceptors (Lipinski definition) is 3. The van der Waals surface area contributed by atoms with Crippen molar-refractivity contribution < 1.29 is 4.79 Å². The molecule has 1 aromatic carbocycles. The van der Waals surface area contributed by atoms with Crippen molar-refractivity contribution in [3.63, 3.8) is 0 Å². The molecule has 2 N–H and O–H groups in total. The summed E-state index contributed by atoms with van der Waals surface area (Å²) >= 11 is 0. The zero-order valence-electron chi connectivity index (χ0n) is 11.2. The van der Waals surface area contributed by atoms with Crippen LogP contribution in [0.4, 0.5) is 0 Å². The van der Waals surface area contributed by atoms with Gasteiger partial charge in [-0.2, -0.15) is 5.26 Å². The van der Waals surface area contributed by atoms with Crippen LogP contribution in [-0.4, -0.2) is 29.9 Å². The number of nitrogens with two attached hydrogens (primary N) is 1. The van der Waals surface area contributed by atoms with Crippen molar-refractivity contribution in [2.45, 2.75) is 25.8 Å². The third-order valence-corrected chi connectivity index (χ3v) is 3.81. The fraction of sp³-hybridized carbons (Fsp3) is 0.467. The highest BCUT2D eigenvalue weighted by Gasteiger charge is 2.25. The molecule has 1 aliphatic rings. The summed E-state index contributed by atoms with van der Waals surface area (Å²) in [5.41, 5.74) is 7.02. The maximum absolute atomic E-state index is 12.3. The molecular formula is C15H19N3O. The fourth-order valence-corrected chi connectivity index (χ4v) is 2.53. The highest BCUT2D eigenvalue weighted by Crippen LogP contribution is 2.21. The largest absolute Gasteiger partial charge is 0.339 e. The number of benzene rings is 1. The van der Waals surface area contributed by atoms with Crippen molar-refractivity contribution in [1.29, 1.82) is 5.26 Å². The second kappa shape index (κ2) is 5.85. The average Bonchev–Trinajstić information content (AvgIpc) is 2.46. The molecule has 19 heavy (non-hydrogen) atoms. The zero-order chi connectivity index (χ0) is 13.8. The van der Waals surface area contributed by atoms with Crippen molar-refractivity contribution in [2.24, 2.45) is 11.7 Å². The first-order chi connectivity index (χ1) is 9.11. The van der Waals surface area contributed by atoms with Gasteiger partial charge in [0.2, 0.25) is 0 Å². The van der Waals surface area contributed by atoms with E-state index in [2.05, 4.69) is 6.07 Å². The van der Waals surface area contributed by atoms with E-state index in [1.165, 1.54) is 0 Å². The van der Waals surface area contributed by atoms with Crippen LogP contribution in [0.25, 0.3) is 0 Å². The van der Waals surface area contributed by atoms with Crippen molar-refractivity contribution in [1.82, 2.24) is 4.90 Å². The summed E-state index contributed by atoms with van der Waals surface area (Å²) in [6, 6.07) is 9.13. The van der Waals surface area contributed by atoms with Crippen LogP contribution >= 0.6 is 0 Å². The van der Waals surface area contributed by atoms with Crippen LogP contribution in [0, 0.1) is 17.2 Å². The van der Waals surface area contributed by atoms with Gasteiger partial charge in [-0.15, -0.1) is 0 Å². The minimum Gasteiger partial charge on any atom is -0.339 e. The number of amides is 1. The second-order valence-electron chi connectivity index (χ2n) is 5.18. The Kier molecular flexibility index (Phi) is 4.18. The summed E-state index contributed by atoms with van der Waals surface area (Å²) < 4.78 is 0. The van der Waals surface area contributed by atoms with Gasteiger partial charge in [0.05, 0.1) is 11.6 Å². The van der Waals surface area contributed by atoms with Gasteiger partial charge in [-0.3, -0.25) is 4.79 Å². The van der Waals surface area contributed by atoms with Crippen molar-refractivity contribution in [3.8, 4) is 6.07 Å². The quantitative estimate of drug-likeness (QED) is 0.877. The summed E-state index contributed by atoms with van der Waals surface area (Å²) in [6.07, 6.45) is 1.92. The predicted octanol–water partition coefficient (Wildman–Crippen LogP) is 1.76. The number of rotatable bonds is 2. The minimum absolute atomic E-state index is 0.0141. The first-order valence-corrected chi connectivity index (χ1v) is 6.67. The lowest BCUT2D eigenvalue weighted by Crippen LogP contribution is -2.42. The molecule has 1 aliphatic heterocycles. The van der Waals surface area contributed by atoms with Gasteiger partial charge in [0.15, 0.2) is 0 Å². The molecule has 1 amide bonds. The zero-order valence-corrected chi connectivity index (χ0v) is 11.2. The predicted molar refractivity (Wildman–Crippen MR) is 73.4 cm³/mol. The molecule has 1 atom stereocenters. The topological polar surface area (TPSA) is 70.1 Å². The molecule has 1 saturated heterocycles. The molecule has 4 nitrogen and oxygen atoms in total. The molecular weight excluding hydrogens is 238 g/mol. The molecule has 1 aromatic rings. The van der Waals surface area contributed by atoms with Crippen molar-refractivity contribution in [2.75, 3.05) is 13.1 Å². The number of hydrogen-bond donors (Lipinski definition) is 1. The second-order valence-corrected chi connectivity index (χ2v) is 5.18. The summed E-state index contributed by atoms with van der Waals surface area (Å²) in [7, 11) is 0. The van der Waals surface area contributed by atoms with Gasteiger partial charge >= 0.3 is 0 Å². The summed E-state index contributed by atoms with van der Waals surface area (Å²) in [5, 5.41) is 8.86. The number of carbonyl (C=O) groups is 1. The van der Waals surface area contributed by atoms with Crippen LogP contribution in [0.15, 0.2) is 24.3 Å². The Bertz CT molecular complexity index is 496. The van der Waals surface area contributed by atoms with Crippen molar-refractivity contribution in [3.05, 3.63) is 35.4 Å². The van der Waals surface area contributed by atoms with E-state index >= 15 is 0 Å². The third-order valence-electron chi connectivity index (χ3n) is 3.81. The van der Waals surface area contributed by atoms with Crippen LogP contribution < -0.4 is 5.73 Å². The van der Waals surface area contributed by atoms with Gasteiger partial charge < -0.3 is 10.6 Å². The first-order valence-electron chi connectivity index (χ1n) is 6.67. The summed E-state index contributed by atoms with van der Waals surface area (Å²) in [4.78, 5) is 14.2. The monoisotopic (exact) mass is 257 g/mol. The molecule has 0 aliphatic carbocycles. The Morgan fingerprint density at radius 2 is 2.16 bits per heavy atom. The highest BCUT2D eigenvalue weighted by atomic mass is 16.2. The SMILES string of the molecule is CC(N)C1CCN(C(=O)c2cccc(C#N)c2)CC1. The van der Waals surface area contributed by atoms with E-state index < -0.39 is 0 Å².